The Kier molecular flexibility index (Phi) is 8.11. The molecule has 1 unspecified atom stereocenters. The zero-order valence-electron chi connectivity index (χ0n) is 20.4. The number of aromatic nitrogens is 1. The lowest BCUT2D eigenvalue weighted by Crippen LogP contribution is -2.41. The number of carbonyl (C=O) groups is 1. The van der Waals surface area contributed by atoms with Crippen LogP contribution >= 0.6 is 11.3 Å². The molecule has 3 heterocycles. The summed E-state index contributed by atoms with van der Waals surface area (Å²) in [7, 11) is 0. The molecule has 2 aliphatic heterocycles. The fraction of sp³-hybridized carbons (Fsp3) is 0.448. The minimum absolute atomic E-state index is 0.103. The number of nitrogens with zero attached hydrogens (tertiary/aromatic N) is 3. The standard InChI is InChI=1S/C29H35N3O2S/c33-29(28-18-30-22-35-28)32-13-5-9-26(20-32)21-34-27-10-4-8-25(17-27)19-31-14-11-24(12-15-31)16-23-6-2-1-3-7-23/h1-4,6-8,10,17-18,22,24,26H,5,9,11-16,19-21H2. The van der Waals surface area contributed by atoms with E-state index in [2.05, 4.69) is 64.5 Å². The van der Waals surface area contributed by atoms with Gasteiger partial charge in [-0.25, -0.2) is 0 Å². The molecule has 2 aliphatic rings. The minimum atomic E-state index is 0.103. The second-order valence-corrected chi connectivity index (χ2v) is 10.9. The lowest BCUT2D eigenvalue weighted by molar-refractivity contribution is 0.0638. The largest absolute Gasteiger partial charge is 0.493 e. The van der Waals surface area contributed by atoms with Crippen molar-refractivity contribution in [2.24, 2.45) is 11.8 Å². The van der Waals surface area contributed by atoms with Gasteiger partial charge in [-0.15, -0.1) is 11.3 Å². The van der Waals surface area contributed by atoms with Crippen molar-refractivity contribution in [3.05, 3.63) is 82.3 Å². The molecule has 0 radical (unpaired) electrons. The number of thiazole rings is 1. The van der Waals surface area contributed by atoms with Crippen molar-refractivity contribution in [1.29, 1.82) is 0 Å². The molecule has 3 aromatic rings. The first-order valence-corrected chi connectivity index (χ1v) is 13.8. The van der Waals surface area contributed by atoms with Crippen molar-refractivity contribution in [3.8, 4) is 5.75 Å². The van der Waals surface area contributed by atoms with E-state index in [0.29, 0.717) is 12.5 Å². The number of rotatable bonds is 8. The van der Waals surface area contributed by atoms with Crippen molar-refractivity contribution in [2.75, 3.05) is 32.8 Å². The molecule has 2 aromatic carbocycles. The summed E-state index contributed by atoms with van der Waals surface area (Å²) in [5.74, 6) is 2.20. The molecule has 2 fully saturated rings. The summed E-state index contributed by atoms with van der Waals surface area (Å²) >= 11 is 1.41. The molecule has 6 heteroatoms. The maximum Gasteiger partial charge on any atom is 0.265 e. The van der Waals surface area contributed by atoms with Crippen LogP contribution in [-0.4, -0.2) is 53.5 Å². The minimum Gasteiger partial charge on any atom is -0.493 e. The monoisotopic (exact) mass is 489 g/mol. The van der Waals surface area contributed by atoms with Crippen LogP contribution in [0.5, 0.6) is 5.75 Å². The van der Waals surface area contributed by atoms with E-state index in [0.717, 1.165) is 62.1 Å². The molecule has 35 heavy (non-hydrogen) atoms. The van der Waals surface area contributed by atoms with E-state index in [1.54, 1.807) is 11.7 Å². The molecule has 0 spiro atoms. The quantitative estimate of drug-likeness (QED) is 0.417. The predicted octanol–water partition coefficient (Wildman–Crippen LogP) is 5.53. The second-order valence-electron chi connectivity index (χ2n) is 9.99. The number of hydrogen-bond donors (Lipinski definition) is 0. The van der Waals surface area contributed by atoms with E-state index in [1.165, 1.54) is 41.7 Å². The van der Waals surface area contributed by atoms with Gasteiger partial charge >= 0.3 is 0 Å². The van der Waals surface area contributed by atoms with E-state index in [9.17, 15) is 4.79 Å². The maximum atomic E-state index is 12.7. The molecule has 0 bridgehead atoms. The van der Waals surface area contributed by atoms with Crippen LogP contribution in [0.25, 0.3) is 0 Å². The Hall–Kier alpha value is -2.70. The average Bonchev–Trinajstić information content (AvgIpc) is 3.44. The van der Waals surface area contributed by atoms with Crippen molar-refractivity contribution >= 4 is 17.2 Å². The number of benzene rings is 2. The first-order chi connectivity index (χ1) is 17.2. The number of likely N-dealkylation sites (tertiary alicyclic amines) is 2. The molecule has 5 nitrogen and oxygen atoms in total. The van der Waals surface area contributed by atoms with Crippen molar-refractivity contribution < 1.29 is 9.53 Å². The maximum absolute atomic E-state index is 12.7. The summed E-state index contributed by atoms with van der Waals surface area (Å²) < 4.78 is 6.21. The Balaban J connectivity index is 1.07. The van der Waals surface area contributed by atoms with E-state index in [4.69, 9.17) is 4.74 Å². The van der Waals surface area contributed by atoms with E-state index < -0.39 is 0 Å². The van der Waals surface area contributed by atoms with Gasteiger partial charge in [0.05, 0.1) is 18.3 Å². The predicted molar refractivity (Wildman–Crippen MR) is 141 cm³/mol. The van der Waals surface area contributed by atoms with Crippen LogP contribution < -0.4 is 4.74 Å². The highest BCUT2D eigenvalue weighted by Gasteiger charge is 2.26. The number of ether oxygens (including phenoxy) is 1. The Morgan fingerprint density at radius 1 is 0.971 bits per heavy atom. The van der Waals surface area contributed by atoms with Gasteiger partial charge < -0.3 is 9.64 Å². The number of carbonyl (C=O) groups excluding carboxylic acids is 1. The molecule has 184 valence electrons. The molecule has 0 saturated carbocycles. The van der Waals surface area contributed by atoms with Gasteiger partial charge in [-0.1, -0.05) is 42.5 Å². The lowest BCUT2D eigenvalue weighted by atomic mass is 9.90. The van der Waals surface area contributed by atoms with Gasteiger partial charge in [0.25, 0.3) is 5.91 Å². The zero-order valence-corrected chi connectivity index (χ0v) is 21.2. The third-order valence-electron chi connectivity index (χ3n) is 7.31. The number of amides is 1. The van der Waals surface area contributed by atoms with Gasteiger partial charge in [0, 0.05) is 25.6 Å². The third-order valence-corrected chi connectivity index (χ3v) is 8.08. The molecular weight excluding hydrogens is 454 g/mol. The second kappa shape index (κ2) is 11.8. The van der Waals surface area contributed by atoms with E-state index >= 15 is 0 Å². The summed E-state index contributed by atoms with van der Waals surface area (Å²) in [6.07, 6.45) is 7.53. The molecular formula is C29H35N3O2S. The van der Waals surface area contributed by atoms with Crippen molar-refractivity contribution in [3.63, 3.8) is 0 Å². The van der Waals surface area contributed by atoms with Crippen LogP contribution in [0, 0.1) is 11.8 Å². The fourth-order valence-corrected chi connectivity index (χ4v) is 5.95. The van der Waals surface area contributed by atoms with E-state index in [-0.39, 0.29) is 5.91 Å². The smallest absolute Gasteiger partial charge is 0.265 e. The van der Waals surface area contributed by atoms with Gasteiger partial charge in [-0.3, -0.25) is 14.7 Å². The van der Waals surface area contributed by atoms with Gasteiger partial charge in [0.2, 0.25) is 0 Å². The lowest BCUT2D eigenvalue weighted by Gasteiger charge is -2.32. The highest BCUT2D eigenvalue weighted by atomic mass is 32.1. The topological polar surface area (TPSA) is 45.7 Å². The van der Waals surface area contributed by atoms with Crippen LogP contribution in [0.4, 0.5) is 0 Å². The molecule has 5 rings (SSSR count). The van der Waals surface area contributed by atoms with Crippen molar-refractivity contribution in [2.45, 2.75) is 38.6 Å². The molecule has 1 aromatic heterocycles. The highest BCUT2D eigenvalue weighted by molar-refractivity contribution is 7.11. The highest BCUT2D eigenvalue weighted by Crippen LogP contribution is 2.25. The normalized spacial score (nSPS) is 19.5. The van der Waals surface area contributed by atoms with Gasteiger partial charge in [0.1, 0.15) is 10.6 Å². The van der Waals surface area contributed by atoms with Crippen LogP contribution in [0.15, 0.2) is 66.3 Å². The van der Waals surface area contributed by atoms with Gasteiger partial charge in [-0.05, 0) is 74.4 Å². The SMILES string of the molecule is O=C(c1cncs1)N1CCCC(COc2cccc(CN3CCC(Cc4ccccc4)CC3)c2)C1. The summed E-state index contributed by atoms with van der Waals surface area (Å²) in [6, 6.07) is 19.4. The van der Waals surface area contributed by atoms with Crippen molar-refractivity contribution in [1.82, 2.24) is 14.8 Å². The first kappa shape index (κ1) is 24.0. The summed E-state index contributed by atoms with van der Waals surface area (Å²) in [5, 5.41) is 0. The Labute approximate surface area is 212 Å². The van der Waals surface area contributed by atoms with Crippen LogP contribution in [0.1, 0.15) is 46.5 Å². The number of piperidine rings is 2. The molecule has 2 saturated heterocycles. The van der Waals surface area contributed by atoms with Crippen LogP contribution in [0.3, 0.4) is 0 Å². The average molecular weight is 490 g/mol. The molecule has 0 aliphatic carbocycles. The van der Waals surface area contributed by atoms with Crippen LogP contribution in [-0.2, 0) is 13.0 Å². The summed E-state index contributed by atoms with van der Waals surface area (Å²) in [4.78, 5) is 22.0. The molecule has 1 amide bonds. The van der Waals surface area contributed by atoms with Crippen LogP contribution in [0.2, 0.25) is 0 Å². The third kappa shape index (κ3) is 6.71. The Morgan fingerprint density at radius 2 is 1.80 bits per heavy atom. The Morgan fingerprint density at radius 3 is 2.60 bits per heavy atom. The molecule has 1 atom stereocenters. The summed E-state index contributed by atoms with van der Waals surface area (Å²) in [6.45, 7) is 5.54. The van der Waals surface area contributed by atoms with Gasteiger partial charge in [0.15, 0.2) is 0 Å². The molecule has 0 N–H and O–H groups in total. The number of hydrogen-bond acceptors (Lipinski definition) is 5. The first-order valence-electron chi connectivity index (χ1n) is 12.9. The van der Waals surface area contributed by atoms with Gasteiger partial charge in [-0.2, -0.15) is 0 Å². The Bertz CT molecular complexity index is 1060. The van der Waals surface area contributed by atoms with E-state index in [1.807, 2.05) is 4.90 Å². The fourth-order valence-electron chi connectivity index (χ4n) is 5.36. The zero-order chi connectivity index (χ0) is 23.9. The summed E-state index contributed by atoms with van der Waals surface area (Å²) in [5.41, 5.74) is 4.50.